The standard InChI is InChI=1S/C14H20ClN3S/c1-10-8-12-14(16-9-10)18(6-4-5-7-19-3)13(17-12)11(2)15/h8-9,11H,4-7H2,1-3H3. The molecule has 0 aliphatic carbocycles. The van der Waals surface area contributed by atoms with Gasteiger partial charge in [-0.15, -0.1) is 11.6 Å². The minimum atomic E-state index is -0.0879. The normalized spacial score (nSPS) is 13.1. The first-order valence-electron chi connectivity index (χ1n) is 6.59. The lowest BCUT2D eigenvalue weighted by molar-refractivity contribution is 0.615. The fourth-order valence-electron chi connectivity index (χ4n) is 2.17. The van der Waals surface area contributed by atoms with Crippen molar-refractivity contribution in [1.29, 1.82) is 0 Å². The summed E-state index contributed by atoms with van der Waals surface area (Å²) in [5.74, 6) is 2.13. The van der Waals surface area contributed by atoms with Gasteiger partial charge in [0.25, 0.3) is 0 Å². The smallest absolute Gasteiger partial charge is 0.160 e. The van der Waals surface area contributed by atoms with Gasteiger partial charge in [0.2, 0.25) is 0 Å². The van der Waals surface area contributed by atoms with E-state index in [1.807, 2.05) is 31.8 Å². The lowest BCUT2D eigenvalue weighted by atomic mass is 10.3. The van der Waals surface area contributed by atoms with E-state index in [2.05, 4.69) is 26.9 Å². The Bertz CT molecular complexity index is 551. The van der Waals surface area contributed by atoms with E-state index in [1.54, 1.807) is 0 Å². The number of hydrogen-bond donors (Lipinski definition) is 0. The Morgan fingerprint density at radius 2 is 2.21 bits per heavy atom. The van der Waals surface area contributed by atoms with Crippen molar-refractivity contribution in [2.75, 3.05) is 12.0 Å². The van der Waals surface area contributed by atoms with E-state index in [9.17, 15) is 0 Å². The monoisotopic (exact) mass is 297 g/mol. The first kappa shape index (κ1) is 14.7. The summed E-state index contributed by atoms with van der Waals surface area (Å²) in [6.45, 7) is 4.95. The zero-order chi connectivity index (χ0) is 13.8. The molecule has 2 aromatic rings. The van der Waals surface area contributed by atoms with Crippen molar-refractivity contribution in [3.63, 3.8) is 0 Å². The average molecular weight is 298 g/mol. The zero-order valence-electron chi connectivity index (χ0n) is 11.7. The molecule has 0 aliphatic rings. The van der Waals surface area contributed by atoms with Gasteiger partial charge in [0.15, 0.2) is 5.65 Å². The minimum Gasteiger partial charge on any atom is -0.311 e. The highest BCUT2D eigenvalue weighted by molar-refractivity contribution is 7.98. The van der Waals surface area contributed by atoms with Gasteiger partial charge in [-0.2, -0.15) is 11.8 Å². The molecule has 2 rings (SSSR count). The molecule has 3 nitrogen and oxygen atoms in total. The van der Waals surface area contributed by atoms with Crippen LogP contribution >= 0.6 is 23.4 Å². The number of rotatable bonds is 6. The molecular weight excluding hydrogens is 278 g/mol. The fourth-order valence-corrected chi connectivity index (χ4v) is 2.83. The van der Waals surface area contributed by atoms with Crippen molar-refractivity contribution in [2.45, 2.75) is 38.6 Å². The molecule has 0 aromatic carbocycles. The Hall–Kier alpha value is -0.740. The molecule has 5 heteroatoms. The molecule has 1 unspecified atom stereocenters. The van der Waals surface area contributed by atoms with E-state index in [1.165, 1.54) is 12.2 Å². The second-order valence-corrected chi connectivity index (χ2v) is 6.43. The molecule has 104 valence electrons. The predicted molar refractivity (Wildman–Crippen MR) is 84.1 cm³/mol. The van der Waals surface area contributed by atoms with Crippen LogP contribution in [0, 0.1) is 6.92 Å². The summed E-state index contributed by atoms with van der Waals surface area (Å²) in [6.07, 6.45) is 6.38. The predicted octanol–water partition coefficient (Wildman–Crippen LogP) is 4.18. The van der Waals surface area contributed by atoms with E-state index in [0.717, 1.165) is 35.5 Å². The lowest BCUT2D eigenvalue weighted by Crippen LogP contribution is -2.05. The molecular formula is C14H20ClN3S. The van der Waals surface area contributed by atoms with Gasteiger partial charge in [-0.25, -0.2) is 9.97 Å². The molecule has 0 saturated heterocycles. The number of pyridine rings is 1. The first-order valence-corrected chi connectivity index (χ1v) is 8.42. The molecule has 0 bridgehead atoms. The van der Waals surface area contributed by atoms with Crippen molar-refractivity contribution in [2.24, 2.45) is 0 Å². The summed E-state index contributed by atoms with van der Waals surface area (Å²) < 4.78 is 2.17. The van der Waals surface area contributed by atoms with Crippen LogP contribution < -0.4 is 0 Å². The molecule has 0 aliphatic heterocycles. The molecule has 0 spiro atoms. The fraction of sp³-hybridized carbons (Fsp3) is 0.571. The Morgan fingerprint density at radius 3 is 2.89 bits per heavy atom. The van der Waals surface area contributed by atoms with Crippen LogP contribution in [-0.4, -0.2) is 26.5 Å². The van der Waals surface area contributed by atoms with E-state index in [0.29, 0.717) is 0 Å². The second-order valence-electron chi connectivity index (χ2n) is 4.79. The van der Waals surface area contributed by atoms with Gasteiger partial charge in [0.1, 0.15) is 11.3 Å². The van der Waals surface area contributed by atoms with Crippen molar-refractivity contribution in [3.8, 4) is 0 Å². The molecule has 0 radical (unpaired) electrons. The van der Waals surface area contributed by atoms with Crippen molar-refractivity contribution in [1.82, 2.24) is 14.5 Å². The van der Waals surface area contributed by atoms with Crippen LogP contribution in [0.2, 0.25) is 0 Å². The third-order valence-corrected chi connectivity index (χ3v) is 3.98. The highest BCUT2D eigenvalue weighted by Crippen LogP contribution is 2.24. The number of aryl methyl sites for hydroxylation is 2. The summed E-state index contributed by atoms with van der Waals surface area (Å²) in [6, 6.07) is 2.07. The third-order valence-electron chi connectivity index (χ3n) is 3.09. The number of imidazole rings is 1. The van der Waals surface area contributed by atoms with Gasteiger partial charge < -0.3 is 4.57 Å². The highest BCUT2D eigenvalue weighted by Gasteiger charge is 2.15. The summed E-state index contributed by atoms with van der Waals surface area (Å²) in [5.41, 5.74) is 3.04. The number of thioether (sulfide) groups is 1. The number of nitrogens with zero attached hydrogens (tertiary/aromatic N) is 3. The van der Waals surface area contributed by atoms with Crippen LogP contribution in [-0.2, 0) is 6.54 Å². The molecule has 19 heavy (non-hydrogen) atoms. The van der Waals surface area contributed by atoms with Crippen LogP contribution in [0.1, 0.15) is 36.5 Å². The first-order chi connectivity index (χ1) is 9.13. The number of aromatic nitrogens is 3. The number of hydrogen-bond acceptors (Lipinski definition) is 3. The average Bonchev–Trinajstić information content (AvgIpc) is 2.72. The largest absolute Gasteiger partial charge is 0.311 e. The topological polar surface area (TPSA) is 30.7 Å². The summed E-state index contributed by atoms with van der Waals surface area (Å²) in [5, 5.41) is -0.0879. The number of unbranched alkanes of at least 4 members (excludes halogenated alkanes) is 1. The quantitative estimate of drug-likeness (QED) is 0.592. The number of halogens is 1. The molecule has 1 atom stereocenters. The Morgan fingerprint density at radius 1 is 1.42 bits per heavy atom. The van der Waals surface area contributed by atoms with Crippen LogP contribution in [0.3, 0.4) is 0 Å². The molecule has 2 aromatic heterocycles. The molecule has 0 amide bonds. The Kier molecular flexibility index (Phi) is 5.11. The van der Waals surface area contributed by atoms with E-state index in [4.69, 9.17) is 11.6 Å². The molecule has 0 N–H and O–H groups in total. The van der Waals surface area contributed by atoms with Gasteiger partial charge in [-0.1, -0.05) is 0 Å². The van der Waals surface area contributed by atoms with Gasteiger partial charge >= 0.3 is 0 Å². The zero-order valence-corrected chi connectivity index (χ0v) is 13.3. The van der Waals surface area contributed by atoms with Crippen molar-refractivity contribution >= 4 is 34.5 Å². The second kappa shape index (κ2) is 6.62. The maximum Gasteiger partial charge on any atom is 0.160 e. The van der Waals surface area contributed by atoms with Gasteiger partial charge in [0, 0.05) is 12.7 Å². The van der Waals surface area contributed by atoms with E-state index >= 15 is 0 Å². The van der Waals surface area contributed by atoms with Gasteiger partial charge in [-0.05, 0) is 50.3 Å². The van der Waals surface area contributed by atoms with Gasteiger partial charge in [-0.3, -0.25) is 0 Å². The molecule has 0 saturated carbocycles. The van der Waals surface area contributed by atoms with Crippen molar-refractivity contribution in [3.05, 3.63) is 23.7 Å². The van der Waals surface area contributed by atoms with Crippen LogP contribution in [0.5, 0.6) is 0 Å². The maximum absolute atomic E-state index is 6.24. The summed E-state index contributed by atoms with van der Waals surface area (Å²) in [7, 11) is 0. The lowest BCUT2D eigenvalue weighted by Gasteiger charge is -2.09. The molecule has 0 fully saturated rings. The third kappa shape index (κ3) is 3.42. The van der Waals surface area contributed by atoms with Crippen LogP contribution in [0.25, 0.3) is 11.2 Å². The van der Waals surface area contributed by atoms with Crippen LogP contribution in [0.4, 0.5) is 0 Å². The van der Waals surface area contributed by atoms with E-state index in [-0.39, 0.29) is 5.38 Å². The Labute approximate surface area is 123 Å². The summed E-state index contributed by atoms with van der Waals surface area (Å²) >= 11 is 8.13. The van der Waals surface area contributed by atoms with E-state index < -0.39 is 0 Å². The van der Waals surface area contributed by atoms with Crippen molar-refractivity contribution < 1.29 is 0 Å². The Balaban J connectivity index is 2.30. The minimum absolute atomic E-state index is 0.0879. The molecule has 2 heterocycles. The number of fused-ring (bicyclic) bond motifs is 1. The van der Waals surface area contributed by atoms with Gasteiger partial charge in [0.05, 0.1) is 5.38 Å². The highest BCUT2D eigenvalue weighted by atomic mass is 35.5. The summed E-state index contributed by atoms with van der Waals surface area (Å²) in [4.78, 5) is 9.15. The SMILES string of the molecule is CSCCCCn1c(C(C)Cl)nc2cc(C)cnc21. The maximum atomic E-state index is 6.24. The van der Waals surface area contributed by atoms with Crippen LogP contribution in [0.15, 0.2) is 12.3 Å². The number of alkyl halides is 1.